The fraction of sp³-hybridized carbons (Fsp3) is 0.400. The molecule has 1 N–H and O–H groups in total. The van der Waals surface area contributed by atoms with Crippen molar-refractivity contribution >= 4 is 0 Å². The number of hydrogen-bond donors (Lipinski definition) is 1. The Balaban J connectivity index is 1.84. The molecule has 1 saturated heterocycles. The Kier molecular flexibility index (Phi) is 2.47. The number of hydrogen-bond acceptors (Lipinski definition) is 3. The first kappa shape index (κ1) is 11.2. The van der Waals surface area contributed by atoms with E-state index in [-0.39, 0.29) is 18.1 Å². The van der Waals surface area contributed by atoms with Gasteiger partial charge in [0, 0.05) is 18.1 Å². The van der Waals surface area contributed by atoms with Crippen LogP contribution in [0, 0.1) is 5.92 Å². The van der Waals surface area contributed by atoms with E-state index >= 15 is 0 Å². The SMILES string of the molecule is OC1CCOCC1C1c2ccccc2-c2cncn21. The number of aliphatic hydroxyl groups is 1. The molecule has 19 heavy (non-hydrogen) atoms. The maximum atomic E-state index is 10.3. The Morgan fingerprint density at radius 1 is 1.32 bits per heavy atom. The molecule has 3 unspecified atom stereocenters. The molecule has 0 spiro atoms. The molecule has 4 nitrogen and oxygen atoms in total. The van der Waals surface area contributed by atoms with E-state index in [1.54, 1.807) is 0 Å². The summed E-state index contributed by atoms with van der Waals surface area (Å²) >= 11 is 0. The van der Waals surface area contributed by atoms with E-state index in [1.165, 1.54) is 11.1 Å². The molecular weight excluding hydrogens is 240 g/mol. The highest BCUT2D eigenvalue weighted by molar-refractivity contribution is 5.69. The first-order valence-electron chi connectivity index (χ1n) is 6.73. The van der Waals surface area contributed by atoms with Crippen molar-refractivity contribution in [3.05, 3.63) is 42.4 Å². The van der Waals surface area contributed by atoms with Gasteiger partial charge in [-0.1, -0.05) is 24.3 Å². The highest BCUT2D eigenvalue weighted by Crippen LogP contribution is 2.44. The van der Waals surface area contributed by atoms with E-state index in [0.29, 0.717) is 19.6 Å². The Labute approximate surface area is 111 Å². The minimum Gasteiger partial charge on any atom is -0.393 e. The van der Waals surface area contributed by atoms with Crippen molar-refractivity contribution in [3.63, 3.8) is 0 Å². The van der Waals surface area contributed by atoms with E-state index in [9.17, 15) is 5.11 Å². The lowest BCUT2D eigenvalue weighted by Gasteiger charge is -2.33. The summed E-state index contributed by atoms with van der Waals surface area (Å²) in [5.41, 5.74) is 3.63. The summed E-state index contributed by atoms with van der Waals surface area (Å²) in [6.45, 7) is 1.26. The molecule has 2 aliphatic heterocycles. The van der Waals surface area contributed by atoms with Gasteiger partial charge in [-0.05, 0) is 12.0 Å². The first-order valence-corrected chi connectivity index (χ1v) is 6.73. The number of aliphatic hydroxyl groups excluding tert-OH is 1. The predicted molar refractivity (Wildman–Crippen MR) is 70.7 cm³/mol. The van der Waals surface area contributed by atoms with Crippen LogP contribution in [0.2, 0.25) is 0 Å². The van der Waals surface area contributed by atoms with Crippen LogP contribution in [0.15, 0.2) is 36.8 Å². The van der Waals surface area contributed by atoms with Crippen LogP contribution < -0.4 is 0 Å². The van der Waals surface area contributed by atoms with Crippen molar-refractivity contribution in [1.29, 1.82) is 0 Å². The Bertz CT molecular complexity index is 608. The van der Waals surface area contributed by atoms with Crippen LogP contribution >= 0.6 is 0 Å². The number of ether oxygens (including phenoxy) is 1. The largest absolute Gasteiger partial charge is 0.393 e. The zero-order valence-electron chi connectivity index (χ0n) is 10.6. The maximum Gasteiger partial charge on any atom is 0.0956 e. The highest BCUT2D eigenvalue weighted by atomic mass is 16.5. The van der Waals surface area contributed by atoms with E-state index in [2.05, 4.69) is 27.8 Å². The van der Waals surface area contributed by atoms with Crippen molar-refractivity contribution in [3.8, 4) is 11.3 Å². The molecule has 1 aromatic heterocycles. The third kappa shape index (κ3) is 1.57. The van der Waals surface area contributed by atoms with Gasteiger partial charge >= 0.3 is 0 Å². The summed E-state index contributed by atoms with van der Waals surface area (Å²) in [5.74, 6) is 0.102. The normalized spacial score (nSPS) is 29.0. The first-order chi connectivity index (χ1) is 9.36. The minimum atomic E-state index is -0.305. The topological polar surface area (TPSA) is 47.3 Å². The number of benzene rings is 1. The van der Waals surface area contributed by atoms with Crippen LogP contribution in [-0.2, 0) is 4.74 Å². The van der Waals surface area contributed by atoms with E-state index in [0.717, 1.165) is 5.69 Å². The Hall–Kier alpha value is -1.65. The van der Waals surface area contributed by atoms with Gasteiger partial charge in [-0.3, -0.25) is 0 Å². The summed E-state index contributed by atoms with van der Waals surface area (Å²) in [7, 11) is 0. The summed E-state index contributed by atoms with van der Waals surface area (Å²) in [6.07, 6.45) is 4.17. The van der Waals surface area contributed by atoms with E-state index < -0.39 is 0 Å². The lowest BCUT2D eigenvalue weighted by atomic mass is 9.86. The molecule has 3 atom stereocenters. The second-order valence-electron chi connectivity index (χ2n) is 5.31. The van der Waals surface area contributed by atoms with Crippen molar-refractivity contribution in [1.82, 2.24) is 9.55 Å². The molecule has 4 rings (SSSR count). The van der Waals surface area contributed by atoms with Gasteiger partial charge in [0.2, 0.25) is 0 Å². The molecule has 1 fully saturated rings. The number of fused-ring (bicyclic) bond motifs is 3. The van der Waals surface area contributed by atoms with Gasteiger partial charge in [-0.2, -0.15) is 0 Å². The molecule has 2 aromatic rings. The zero-order valence-corrected chi connectivity index (χ0v) is 10.6. The van der Waals surface area contributed by atoms with Gasteiger partial charge in [0.1, 0.15) is 0 Å². The van der Waals surface area contributed by atoms with Crippen LogP contribution in [0.1, 0.15) is 18.0 Å². The fourth-order valence-corrected chi connectivity index (χ4v) is 3.36. The molecule has 2 aliphatic rings. The molecule has 0 saturated carbocycles. The van der Waals surface area contributed by atoms with Crippen molar-refractivity contribution in [2.45, 2.75) is 18.6 Å². The average molecular weight is 256 g/mol. The molecule has 1 aromatic carbocycles. The molecule has 0 bridgehead atoms. The second-order valence-corrected chi connectivity index (χ2v) is 5.31. The van der Waals surface area contributed by atoms with Crippen LogP contribution in [0.3, 0.4) is 0 Å². The Morgan fingerprint density at radius 2 is 2.21 bits per heavy atom. The molecule has 0 aliphatic carbocycles. The third-order valence-electron chi connectivity index (χ3n) is 4.29. The molecule has 4 heteroatoms. The molecule has 3 heterocycles. The zero-order chi connectivity index (χ0) is 12.8. The van der Waals surface area contributed by atoms with Crippen LogP contribution in [0.5, 0.6) is 0 Å². The molecule has 0 radical (unpaired) electrons. The van der Waals surface area contributed by atoms with E-state index in [4.69, 9.17) is 4.74 Å². The number of imidazole rings is 1. The van der Waals surface area contributed by atoms with Gasteiger partial charge in [0.25, 0.3) is 0 Å². The van der Waals surface area contributed by atoms with Gasteiger partial charge in [-0.15, -0.1) is 0 Å². The standard InChI is InChI=1S/C15H16N2O2/c18-14-5-6-19-8-12(14)15-11-4-2-1-3-10(11)13-7-16-9-17(13)15/h1-4,7,9,12,14-15,18H,5-6,8H2. The van der Waals surface area contributed by atoms with Crippen molar-refractivity contribution in [2.24, 2.45) is 5.92 Å². The maximum absolute atomic E-state index is 10.3. The predicted octanol–water partition coefficient (Wildman–Crippen LogP) is 1.85. The van der Waals surface area contributed by atoms with Crippen molar-refractivity contribution in [2.75, 3.05) is 13.2 Å². The monoisotopic (exact) mass is 256 g/mol. The van der Waals surface area contributed by atoms with Gasteiger partial charge in [-0.25, -0.2) is 4.98 Å². The average Bonchev–Trinajstić information content (AvgIpc) is 3.00. The second kappa shape index (κ2) is 4.18. The quantitative estimate of drug-likeness (QED) is 0.847. The highest BCUT2D eigenvalue weighted by Gasteiger charge is 2.39. The summed E-state index contributed by atoms with van der Waals surface area (Å²) < 4.78 is 7.75. The minimum absolute atomic E-state index is 0.102. The van der Waals surface area contributed by atoms with Gasteiger partial charge < -0.3 is 14.4 Å². The third-order valence-corrected chi connectivity index (χ3v) is 4.29. The number of nitrogens with zero attached hydrogens (tertiary/aromatic N) is 2. The molecule has 0 amide bonds. The summed E-state index contributed by atoms with van der Waals surface area (Å²) in [5, 5.41) is 10.3. The summed E-state index contributed by atoms with van der Waals surface area (Å²) in [4.78, 5) is 4.25. The molecule has 98 valence electrons. The van der Waals surface area contributed by atoms with Crippen LogP contribution in [-0.4, -0.2) is 34.0 Å². The lowest BCUT2D eigenvalue weighted by molar-refractivity contribution is -0.0481. The molecular formula is C15H16N2O2. The number of aromatic nitrogens is 2. The summed E-state index contributed by atoms with van der Waals surface area (Å²) in [6, 6.07) is 8.52. The van der Waals surface area contributed by atoms with Crippen LogP contribution in [0.4, 0.5) is 0 Å². The van der Waals surface area contributed by atoms with Gasteiger partial charge in [0.05, 0.1) is 37.0 Å². The van der Waals surface area contributed by atoms with E-state index in [1.807, 2.05) is 18.6 Å². The fourth-order valence-electron chi connectivity index (χ4n) is 3.36. The van der Waals surface area contributed by atoms with Crippen LogP contribution in [0.25, 0.3) is 11.3 Å². The van der Waals surface area contributed by atoms with Gasteiger partial charge in [0.15, 0.2) is 0 Å². The lowest BCUT2D eigenvalue weighted by Crippen LogP contribution is -2.37. The Morgan fingerprint density at radius 3 is 3.11 bits per heavy atom. The number of rotatable bonds is 1. The van der Waals surface area contributed by atoms with Crippen molar-refractivity contribution < 1.29 is 9.84 Å². The smallest absolute Gasteiger partial charge is 0.0956 e.